The molecule has 2 N–H and O–H groups in total. The van der Waals surface area contributed by atoms with Gasteiger partial charge < -0.3 is 14.6 Å². The molecule has 0 radical (unpaired) electrons. The molecule has 0 aliphatic carbocycles. The molecule has 0 amide bonds. The molecule has 7 heteroatoms. The quantitative estimate of drug-likeness (QED) is 0.649. The van der Waals surface area contributed by atoms with Gasteiger partial charge >= 0.3 is 0 Å². The normalized spacial score (nSPS) is 15.1. The lowest BCUT2D eigenvalue weighted by molar-refractivity contribution is 0.205. The van der Waals surface area contributed by atoms with E-state index < -0.39 is 5.56 Å². The fourth-order valence-electron chi connectivity index (χ4n) is 2.99. The number of nitrogens with one attached hydrogen (secondary N) is 1. The van der Waals surface area contributed by atoms with Crippen molar-refractivity contribution in [1.29, 1.82) is 0 Å². The number of hydrogen-bond acceptors (Lipinski definition) is 5. The summed E-state index contributed by atoms with van der Waals surface area (Å²) in [6.07, 6.45) is 2.40. The minimum atomic E-state index is -0.429. The zero-order chi connectivity index (χ0) is 19.5. The van der Waals surface area contributed by atoms with Crippen LogP contribution >= 0.6 is 12.2 Å². The van der Waals surface area contributed by atoms with Crippen molar-refractivity contribution < 1.29 is 14.6 Å². The number of aromatic hydroxyl groups is 1. The Morgan fingerprint density at radius 1 is 1.11 bits per heavy atom. The zero-order valence-electron chi connectivity index (χ0n) is 14.9. The smallest absolute Gasteiger partial charge is 0.262 e. The number of ether oxygens (including phenoxy) is 2. The average Bonchev–Trinajstić information content (AvgIpc) is 3.20. The highest BCUT2D eigenvalue weighted by atomic mass is 32.1. The minimum absolute atomic E-state index is 0.115. The Kier molecular flexibility index (Phi) is 5.10. The van der Waals surface area contributed by atoms with Crippen LogP contribution in [0.5, 0.6) is 17.4 Å². The van der Waals surface area contributed by atoms with E-state index in [0.29, 0.717) is 24.7 Å². The molecule has 4 rings (SSSR count). The van der Waals surface area contributed by atoms with Gasteiger partial charge in [-0.15, -0.1) is 0 Å². The molecule has 1 saturated heterocycles. The summed E-state index contributed by atoms with van der Waals surface area (Å²) in [5.41, 5.74) is 1.30. The van der Waals surface area contributed by atoms with E-state index >= 15 is 0 Å². The van der Waals surface area contributed by atoms with Crippen LogP contribution in [0.4, 0.5) is 0 Å². The van der Waals surface area contributed by atoms with Crippen molar-refractivity contribution in [2.24, 2.45) is 0 Å². The number of H-pyrrole nitrogens is 1. The summed E-state index contributed by atoms with van der Waals surface area (Å²) in [6.45, 7) is 1.08. The average molecular weight is 394 g/mol. The van der Waals surface area contributed by atoms with Crippen molar-refractivity contribution in [3.63, 3.8) is 0 Å². The molecule has 0 atom stereocenters. The number of hydrogen-bond donors (Lipinski definition) is 2. The van der Waals surface area contributed by atoms with Crippen molar-refractivity contribution in [1.82, 2.24) is 9.55 Å². The summed E-state index contributed by atoms with van der Waals surface area (Å²) in [6, 6.07) is 16.5. The Morgan fingerprint density at radius 2 is 1.82 bits per heavy atom. The first-order valence-electron chi connectivity index (χ1n) is 8.80. The van der Waals surface area contributed by atoms with Gasteiger partial charge in [0.2, 0.25) is 5.88 Å². The van der Waals surface area contributed by atoms with Crippen LogP contribution in [0.3, 0.4) is 0 Å². The molecule has 0 unspecified atom stereocenters. The molecule has 0 saturated carbocycles. The molecule has 142 valence electrons. The highest BCUT2D eigenvalue weighted by molar-refractivity contribution is 7.71. The lowest BCUT2D eigenvalue weighted by Crippen LogP contribution is -2.16. The van der Waals surface area contributed by atoms with Gasteiger partial charge in [-0.25, -0.2) is 0 Å². The molecule has 0 bridgehead atoms. The number of rotatable bonds is 4. The van der Waals surface area contributed by atoms with Crippen molar-refractivity contribution in [3.05, 3.63) is 80.9 Å². The van der Waals surface area contributed by atoms with Crippen LogP contribution in [0.15, 0.2) is 65.0 Å². The van der Waals surface area contributed by atoms with Gasteiger partial charge in [0.1, 0.15) is 17.1 Å². The minimum Gasteiger partial charge on any atom is -0.494 e. The molecule has 1 aliphatic heterocycles. The number of nitrogens with zero attached hydrogens (tertiary/aromatic N) is 1. The fraction of sp³-hybridized carbons (Fsp3) is 0.143. The molecule has 1 aromatic heterocycles. The third-order valence-corrected chi connectivity index (χ3v) is 4.68. The fourth-order valence-corrected chi connectivity index (χ4v) is 3.28. The second-order valence-corrected chi connectivity index (χ2v) is 6.73. The number of benzene rings is 2. The van der Waals surface area contributed by atoms with Gasteiger partial charge in [0.15, 0.2) is 4.77 Å². The molecule has 0 spiro atoms. The van der Waals surface area contributed by atoms with Crippen LogP contribution < -0.4 is 10.3 Å². The van der Waals surface area contributed by atoms with Crippen LogP contribution in [-0.4, -0.2) is 27.9 Å². The van der Waals surface area contributed by atoms with Gasteiger partial charge in [-0.05, 0) is 66.7 Å². The van der Waals surface area contributed by atoms with Crippen molar-refractivity contribution in [2.75, 3.05) is 13.2 Å². The summed E-state index contributed by atoms with van der Waals surface area (Å²) in [4.78, 5) is 14.9. The topological polar surface area (TPSA) is 76.5 Å². The van der Waals surface area contributed by atoms with Crippen LogP contribution in [0, 0.1) is 4.77 Å². The Morgan fingerprint density at radius 3 is 2.50 bits per heavy atom. The van der Waals surface area contributed by atoms with E-state index in [4.69, 9.17) is 21.7 Å². The van der Waals surface area contributed by atoms with Gasteiger partial charge in [0, 0.05) is 0 Å². The van der Waals surface area contributed by atoms with E-state index in [1.165, 1.54) is 4.57 Å². The third kappa shape index (κ3) is 3.76. The van der Waals surface area contributed by atoms with Crippen LogP contribution in [0.1, 0.15) is 12.0 Å². The van der Waals surface area contributed by atoms with E-state index in [-0.39, 0.29) is 16.2 Å². The standard InChI is InChI=1S/C21H18N2O4S/c24-19-18(12-14-10-11-26-13-14)20(25)23(21(28)22-19)15-6-8-17(9-7-15)27-16-4-2-1-3-5-16/h1-9,12,25H,10-11,13H2,(H,22,24,28). The molecular formula is C21H18N2O4S. The Labute approximate surface area is 166 Å². The largest absolute Gasteiger partial charge is 0.494 e. The lowest BCUT2D eigenvalue weighted by atomic mass is 10.1. The molecule has 1 fully saturated rings. The van der Waals surface area contributed by atoms with Crippen molar-refractivity contribution in [2.45, 2.75) is 6.42 Å². The molecule has 6 nitrogen and oxygen atoms in total. The monoisotopic (exact) mass is 394 g/mol. The summed E-state index contributed by atoms with van der Waals surface area (Å²) in [5.74, 6) is 1.17. The summed E-state index contributed by atoms with van der Waals surface area (Å²) in [7, 11) is 0. The predicted molar refractivity (Wildman–Crippen MR) is 109 cm³/mol. The molecule has 3 aromatic rings. The number of aromatic nitrogens is 2. The second-order valence-electron chi connectivity index (χ2n) is 6.35. The van der Waals surface area contributed by atoms with E-state index in [2.05, 4.69) is 4.98 Å². The maximum absolute atomic E-state index is 12.3. The summed E-state index contributed by atoms with van der Waals surface area (Å²) >= 11 is 5.26. The maximum Gasteiger partial charge on any atom is 0.262 e. The van der Waals surface area contributed by atoms with Crippen molar-refractivity contribution in [3.8, 4) is 23.1 Å². The number of aromatic amines is 1. The lowest BCUT2D eigenvalue weighted by Gasteiger charge is -2.12. The van der Waals surface area contributed by atoms with Gasteiger partial charge in [0.05, 0.1) is 18.9 Å². The van der Waals surface area contributed by atoms with Crippen LogP contribution in [0.2, 0.25) is 0 Å². The molecule has 2 heterocycles. The summed E-state index contributed by atoms with van der Waals surface area (Å²) in [5, 5.41) is 10.7. The first-order valence-corrected chi connectivity index (χ1v) is 9.21. The van der Waals surface area contributed by atoms with E-state index in [9.17, 15) is 9.90 Å². The highest BCUT2D eigenvalue weighted by Crippen LogP contribution is 2.26. The zero-order valence-corrected chi connectivity index (χ0v) is 15.7. The second kappa shape index (κ2) is 7.84. The molecule has 1 aliphatic rings. The molecular weight excluding hydrogens is 376 g/mol. The molecule has 28 heavy (non-hydrogen) atoms. The Balaban J connectivity index is 1.69. The first-order chi connectivity index (χ1) is 13.6. The molecule has 2 aromatic carbocycles. The maximum atomic E-state index is 12.3. The third-order valence-electron chi connectivity index (χ3n) is 4.40. The van der Waals surface area contributed by atoms with Crippen molar-refractivity contribution >= 4 is 18.3 Å². The van der Waals surface area contributed by atoms with E-state index in [0.717, 1.165) is 17.7 Å². The summed E-state index contributed by atoms with van der Waals surface area (Å²) < 4.78 is 12.6. The van der Waals surface area contributed by atoms with E-state index in [1.807, 2.05) is 30.3 Å². The van der Waals surface area contributed by atoms with Gasteiger partial charge in [0.25, 0.3) is 5.56 Å². The first kappa shape index (κ1) is 18.2. The Hall–Kier alpha value is -3.16. The van der Waals surface area contributed by atoms with Crippen LogP contribution in [0.25, 0.3) is 11.8 Å². The van der Waals surface area contributed by atoms with Crippen LogP contribution in [-0.2, 0) is 4.74 Å². The predicted octanol–water partition coefficient (Wildman–Crippen LogP) is 4.20. The Bertz CT molecular complexity index is 1120. The van der Waals surface area contributed by atoms with Gasteiger partial charge in [-0.1, -0.05) is 18.2 Å². The highest BCUT2D eigenvalue weighted by Gasteiger charge is 2.15. The van der Waals surface area contributed by atoms with E-state index in [1.54, 1.807) is 30.3 Å². The number of para-hydroxylation sites is 1. The van der Waals surface area contributed by atoms with Gasteiger partial charge in [-0.2, -0.15) is 0 Å². The SMILES string of the molecule is O=c1[nH]c(=S)n(-c2ccc(Oc3ccccc3)cc2)c(O)c1C=C1CCOC1. The van der Waals surface area contributed by atoms with Gasteiger partial charge in [-0.3, -0.25) is 14.3 Å².